The number of fused-ring (bicyclic) bond motifs is 1. The summed E-state index contributed by atoms with van der Waals surface area (Å²) in [7, 11) is 0. The summed E-state index contributed by atoms with van der Waals surface area (Å²) in [5.41, 5.74) is 0. The molecule has 2 N–H and O–H groups in total. The zero-order valence-electron chi connectivity index (χ0n) is 7.02. The van der Waals surface area contributed by atoms with Crippen molar-refractivity contribution >= 4 is 12.4 Å². The molecule has 2 fully saturated rings. The van der Waals surface area contributed by atoms with Gasteiger partial charge < -0.3 is 10.2 Å². The molecule has 12 heavy (non-hydrogen) atoms. The van der Waals surface area contributed by atoms with Crippen molar-refractivity contribution < 1.29 is 10.2 Å². The van der Waals surface area contributed by atoms with Gasteiger partial charge in [-0.15, -0.1) is 12.4 Å². The first-order chi connectivity index (χ1) is 5.29. The van der Waals surface area contributed by atoms with Gasteiger partial charge in [0.05, 0.1) is 12.2 Å². The molecular weight excluding hydrogens is 178 g/mol. The summed E-state index contributed by atoms with van der Waals surface area (Å²) in [5, 5.41) is 18.8. The van der Waals surface area contributed by atoms with Crippen LogP contribution in [-0.4, -0.2) is 46.5 Å². The minimum absolute atomic E-state index is 0. The molecule has 2 saturated heterocycles. The number of nitrogens with zero attached hydrogens (tertiary/aromatic N) is 1. The molecule has 3 unspecified atom stereocenters. The Kier molecular flexibility index (Phi) is 3.35. The first kappa shape index (κ1) is 10.3. The molecule has 0 spiro atoms. The van der Waals surface area contributed by atoms with E-state index in [0.29, 0.717) is 6.54 Å². The van der Waals surface area contributed by atoms with Crippen LogP contribution in [0.15, 0.2) is 0 Å². The largest absolute Gasteiger partial charge is 0.389 e. The second-order valence-corrected chi connectivity index (χ2v) is 3.62. The highest BCUT2D eigenvalue weighted by atomic mass is 35.5. The molecule has 0 saturated carbocycles. The van der Waals surface area contributed by atoms with Gasteiger partial charge >= 0.3 is 0 Å². The number of aliphatic hydroxyl groups is 2. The second kappa shape index (κ2) is 3.92. The van der Waals surface area contributed by atoms with Crippen LogP contribution in [0.2, 0.25) is 0 Å². The van der Waals surface area contributed by atoms with E-state index in [9.17, 15) is 10.2 Å². The van der Waals surface area contributed by atoms with Crippen molar-refractivity contribution in [3.8, 4) is 0 Å². The monoisotopic (exact) mass is 193 g/mol. The molecule has 3 nitrogen and oxygen atoms in total. The van der Waals surface area contributed by atoms with Gasteiger partial charge in [0.1, 0.15) is 0 Å². The Morgan fingerprint density at radius 1 is 1.17 bits per heavy atom. The summed E-state index contributed by atoms with van der Waals surface area (Å²) in [6, 6.07) is 0.249. The summed E-state index contributed by atoms with van der Waals surface area (Å²) in [6.45, 7) is 1.73. The zero-order chi connectivity index (χ0) is 7.84. The van der Waals surface area contributed by atoms with Crippen LogP contribution < -0.4 is 0 Å². The fourth-order valence-electron chi connectivity index (χ4n) is 2.23. The smallest absolute Gasteiger partial charge is 0.0966 e. The van der Waals surface area contributed by atoms with Gasteiger partial charge in [-0.05, 0) is 19.4 Å². The first-order valence-corrected chi connectivity index (χ1v) is 4.39. The molecule has 0 aromatic heterocycles. The molecule has 0 aliphatic carbocycles. The molecule has 0 aromatic rings. The van der Waals surface area contributed by atoms with Crippen molar-refractivity contribution in [1.29, 1.82) is 0 Å². The Morgan fingerprint density at radius 2 is 1.92 bits per heavy atom. The Balaban J connectivity index is 0.000000720. The van der Waals surface area contributed by atoms with E-state index < -0.39 is 12.2 Å². The van der Waals surface area contributed by atoms with Gasteiger partial charge in [-0.1, -0.05) is 6.42 Å². The SMILES string of the molecule is Cl.OC1CN2CCCCC2C1O. The quantitative estimate of drug-likeness (QED) is 0.569. The molecule has 2 aliphatic heterocycles. The fourth-order valence-corrected chi connectivity index (χ4v) is 2.23. The third-order valence-corrected chi connectivity index (χ3v) is 2.87. The third-order valence-electron chi connectivity index (χ3n) is 2.87. The molecule has 3 atom stereocenters. The van der Waals surface area contributed by atoms with E-state index in [2.05, 4.69) is 4.90 Å². The number of halogens is 1. The van der Waals surface area contributed by atoms with Gasteiger partial charge in [0.25, 0.3) is 0 Å². The van der Waals surface area contributed by atoms with E-state index in [0.717, 1.165) is 13.0 Å². The van der Waals surface area contributed by atoms with Gasteiger partial charge in [-0.25, -0.2) is 0 Å². The van der Waals surface area contributed by atoms with E-state index in [1.807, 2.05) is 0 Å². The van der Waals surface area contributed by atoms with Crippen molar-refractivity contribution in [1.82, 2.24) is 4.90 Å². The highest BCUT2D eigenvalue weighted by Gasteiger charge is 2.40. The van der Waals surface area contributed by atoms with Crippen molar-refractivity contribution in [2.45, 2.75) is 37.5 Å². The molecule has 0 bridgehead atoms. The van der Waals surface area contributed by atoms with Gasteiger partial charge in [0, 0.05) is 12.6 Å². The van der Waals surface area contributed by atoms with Gasteiger partial charge in [-0.2, -0.15) is 0 Å². The molecule has 2 aliphatic rings. The van der Waals surface area contributed by atoms with Crippen LogP contribution in [0.3, 0.4) is 0 Å². The molecule has 0 amide bonds. The number of hydrogen-bond acceptors (Lipinski definition) is 3. The minimum atomic E-state index is -0.502. The summed E-state index contributed by atoms with van der Waals surface area (Å²) >= 11 is 0. The van der Waals surface area contributed by atoms with Crippen LogP contribution >= 0.6 is 12.4 Å². The van der Waals surface area contributed by atoms with Crippen molar-refractivity contribution in [2.24, 2.45) is 0 Å². The number of aliphatic hydroxyl groups excluding tert-OH is 2. The van der Waals surface area contributed by atoms with Crippen molar-refractivity contribution in [3.05, 3.63) is 0 Å². The predicted molar refractivity (Wildman–Crippen MR) is 48.5 cm³/mol. The topological polar surface area (TPSA) is 43.7 Å². The summed E-state index contributed by atoms with van der Waals surface area (Å²) in [5.74, 6) is 0. The fraction of sp³-hybridized carbons (Fsp3) is 1.00. The summed E-state index contributed by atoms with van der Waals surface area (Å²) in [4.78, 5) is 2.21. The van der Waals surface area contributed by atoms with Gasteiger partial charge in [0.15, 0.2) is 0 Å². The Hall–Kier alpha value is 0.170. The normalized spacial score (nSPS) is 42.0. The Bertz CT molecular complexity index is 156. The van der Waals surface area contributed by atoms with Crippen LogP contribution in [0.5, 0.6) is 0 Å². The lowest BCUT2D eigenvalue weighted by Gasteiger charge is -2.29. The van der Waals surface area contributed by atoms with Gasteiger partial charge in [-0.3, -0.25) is 4.90 Å². The van der Waals surface area contributed by atoms with E-state index in [4.69, 9.17) is 0 Å². The Morgan fingerprint density at radius 3 is 2.58 bits per heavy atom. The lowest BCUT2D eigenvalue weighted by molar-refractivity contribution is 0.0318. The average molecular weight is 194 g/mol. The highest BCUT2D eigenvalue weighted by Crippen LogP contribution is 2.26. The molecule has 0 radical (unpaired) electrons. The minimum Gasteiger partial charge on any atom is -0.389 e. The molecule has 0 aromatic carbocycles. The summed E-state index contributed by atoms with van der Waals surface area (Å²) < 4.78 is 0. The molecule has 72 valence electrons. The number of rotatable bonds is 0. The molecular formula is C8H16ClNO2. The molecule has 2 rings (SSSR count). The lowest BCUT2D eigenvalue weighted by Crippen LogP contribution is -2.39. The van der Waals surface area contributed by atoms with Crippen LogP contribution in [-0.2, 0) is 0 Å². The number of piperidine rings is 1. The van der Waals surface area contributed by atoms with E-state index in [1.165, 1.54) is 12.8 Å². The van der Waals surface area contributed by atoms with Gasteiger partial charge in [0.2, 0.25) is 0 Å². The van der Waals surface area contributed by atoms with Crippen molar-refractivity contribution in [3.63, 3.8) is 0 Å². The van der Waals surface area contributed by atoms with Crippen molar-refractivity contribution in [2.75, 3.05) is 13.1 Å². The standard InChI is InChI=1S/C8H15NO2.ClH/c10-7-5-9-4-2-1-3-6(9)8(7)11;/h6-8,10-11H,1-5H2;1H. The van der Waals surface area contributed by atoms with Crippen LogP contribution in [0.4, 0.5) is 0 Å². The second-order valence-electron chi connectivity index (χ2n) is 3.62. The van der Waals surface area contributed by atoms with E-state index >= 15 is 0 Å². The van der Waals surface area contributed by atoms with E-state index in [1.54, 1.807) is 0 Å². The number of hydrogen-bond donors (Lipinski definition) is 2. The maximum absolute atomic E-state index is 9.50. The third kappa shape index (κ3) is 1.59. The Labute approximate surface area is 78.8 Å². The van der Waals surface area contributed by atoms with Crippen LogP contribution in [0.1, 0.15) is 19.3 Å². The molecule has 4 heteroatoms. The maximum atomic E-state index is 9.50. The first-order valence-electron chi connectivity index (χ1n) is 4.39. The molecule has 2 heterocycles. The van der Waals surface area contributed by atoms with Crippen LogP contribution in [0, 0.1) is 0 Å². The average Bonchev–Trinajstić information content (AvgIpc) is 2.30. The van der Waals surface area contributed by atoms with E-state index in [-0.39, 0.29) is 18.4 Å². The zero-order valence-corrected chi connectivity index (χ0v) is 7.83. The summed E-state index contributed by atoms with van der Waals surface area (Å²) in [6.07, 6.45) is 2.48. The highest BCUT2D eigenvalue weighted by molar-refractivity contribution is 5.85. The predicted octanol–water partition coefficient (Wildman–Crippen LogP) is -0.00190. The van der Waals surface area contributed by atoms with Crippen LogP contribution in [0.25, 0.3) is 0 Å². The maximum Gasteiger partial charge on any atom is 0.0966 e. The lowest BCUT2D eigenvalue weighted by atomic mass is 10.0.